The molecule has 0 spiro atoms. The molecule has 1 amide bonds. The van der Waals surface area contributed by atoms with Crippen molar-refractivity contribution in [3.8, 4) is 5.69 Å². The summed E-state index contributed by atoms with van der Waals surface area (Å²) < 4.78 is 1.96. The van der Waals surface area contributed by atoms with E-state index in [0.29, 0.717) is 0 Å². The van der Waals surface area contributed by atoms with Gasteiger partial charge >= 0.3 is 0 Å². The first-order valence-corrected chi connectivity index (χ1v) is 9.34. The second-order valence-electron chi connectivity index (χ2n) is 5.97. The second kappa shape index (κ2) is 8.30. The number of amides is 1. The van der Waals surface area contributed by atoms with Gasteiger partial charge in [0.2, 0.25) is 5.91 Å². The van der Waals surface area contributed by atoms with Crippen LogP contribution < -0.4 is 5.32 Å². The van der Waals surface area contributed by atoms with Crippen molar-refractivity contribution in [1.29, 1.82) is 0 Å². The van der Waals surface area contributed by atoms with Gasteiger partial charge in [0.15, 0.2) is 5.16 Å². The van der Waals surface area contributed by atoms with Crippen molar-refractivity contribution in [3.63, 3.8) is 0 Å². The van der Waals surface area contributed by atoms with Crippen LogP contribution >= 0.6 is 11.8 Å². The van der Waals surface area contributed by atoms with Crippen molar-refractivity contribution in [2.24, 2.45) is 0 Å². The van der Waals surface area contributed by atoms with E-state index in [2.05, 4.69) is 20.4 Å². The molecule has 7 heteroatoms. The normalized spacial score (nSPS) is 15.4. The zero-order valence-corrected chi connectivity index (χ0v) is 14.8. The number of anilines is 1. The third-order valence-corrected chi connectivity index (χ3v) is 4.97. The molecule has 3 rings (SSSR count). The Labute approximate surface area is 146 Å². The lowest BCUT2D eigenvalue weighted by Crippen LogP contribution is -2.31. The van der Waals surface area contributed by atoms with E-state index in [1.54, 1.807) is 18.1 Å². The zero-order chi connectivity index (χ0) is 16.8. The maximum atomic E-state index is 11.2. The molecule has 0 unspecified atom stereocenters. The summed E-state index contributed by atoms with van der Waals surface area (Å²) in [6.45, 7) is 5.02. The van der Waals surface area contributed by atoms with Gasteiger partial charge in [-0.2, -0.15) is 0 Å². The summed E-state index contributed by atoms with van der Waals surface area (Å²) in [4.78, 5) is 13.7. The predicted molar refractivity (Wildman–Crippen MR) is 96.7 cm³/mol. The van der Waals surface area contributed by atoms with Crippen molar-refractivity contribution in [2.45, 2.75) is 31.3 Å². The summed E-state index contributed by atoms with van der Waals surface area (Å²) in [5.41, 5.74) is 1.73. The van der Waals surface area contributed by atoms with E-state index in [1.807, 2.05) is 28.8 Å². The molecule has 1 saturated heterocycles. The average molecular weight is 345 g/mol. The van der Waals surface area contributed by atoms with E-state index in [4.69, 9.17) is 0 Å². The molecule has 0 aliphatic carbocycles. The summed E-state index contributed by atoms with van der Waals surface area (Å²) in [7, 11) is 0. The van der Waals surface area contributed by atoms with E-state index in [0.717, 1.165) is 28.8 Å². The molecule has 0 bridgehead atoms. The number of carbonyl (C=O) groups excluding carboxylic acids is 1. The number of piperidine rings is 1. The summed E-state index contributed by atoms with van der Waals surface area (Å²) in [5, 5.41) is 12.0. The monoisotopic (exact) mass is 345 g/mol. The standard InChI is InChI=1S/C17H23N5OS/c1-14(23)19-15-6-5-7-16(12-15)22-13-18-20-17(22)24-11-10-21-8-3-2-4-9-21/h5-7,12-13H,2-4,8-11H2,1H3,(H,19,23). The molecule has 1 fully saturated rings. The van der Waals surface area contributed by atoms with Crippen molar-refractivity contribution in [2.75, 3.05) is 30.7 Å². The highest BCUT2D eigenvalue weighted by molar-refractivity contribution is 7.99. The molecule has 1 aliphatic rings. The minimum absolute atomic E-state index is 0.0768. The van der Waals surface area contributed by atoms with Gasteiger partial charge in [0.1, 0.15) is 6.33 Å². The number of hydrogen-bond acceptors (Lipinski definition) is 5. The van der Waals surface area contributed by atoms with Gasteiger partial charge in [-0.15, -0.1) is 10.2 Å². The van der Waals surface area contributed by atoms with Gasteiger partial charge in [0, 0.05) is 24.9 Å². The van der Waals surface area contributed by atoms with Gasteiger partial charge in [0.05, 0.1) is 5.69 Å². The fraction of sp³-hybridized carbons (Fsp3) is 0.471. The average Bonchev–Trinajstić information content (AvgIpc) is 3.04. The number of hydrogen-bond donors (Lipinski definition) is 1. The Hall–Kier alpha value is -1.86. The van der Waals surface area contributed by atoms with Crippen molar-refractivity contribution in [1.82, 2.24) is 19.7 Å². The van der Waals surface area contributed by atoms with Gasteiger partial charge in [-0.3, -0.25) is 9.36 Å². The van der Waals surface area contributed by atoms with Gasteiger partial charge < -0.3 is 10.2 Å². The topological polar surface area (TPSA) is 63.1 Å². The maximum absolute atomic E-state index is 11.2. The number of nitrogens with zero attached hydrogens (tertiary/aromatic N) is 4. The van der Waals surface area contributed by atoms with Crippen LogP contribution in [-0.2, 0) is 4.79 Å². The third-order valence-electron chi connectivity index (χ3n) is 4.05. The molecule has 1 aromatic heterocycles. The molecule has 1 N–H and O–H groups in total. The highest BCUT2D eigenvalue weighted by Crippen LogP contribution is 2.22. The summed E-state index contributed by atoms with van der Waals surface area (Å²) in [5.74, 6) is 0.927. The number of rotatable bonds is 6. The first-order chi connectivity index (χ1) is 11.7. The number of carbonyl (C=O) groups is 1. The molecule has 128 valence electrons. The Morgan fingerprint density at radius 3 is 2.92 bits per heavy atom. The Balaban J connectivity index is 1.63. The Morgan fingerprint density at radius 1 is 1.29 bits per heavy atom. The van der Waals surface area contributed by atoms with E-state index in [-0.39, 0.29) is 5.91 Å². The van der Waals surface area contributed by atoms with Gasteiger partial charge in [-0.25, -0.2) is 0 Å². The lowest BCUT2D eigenvalue weighted by molar-refractivity contribution is -0.114. The molecule has 2 heterocycles. The quantitative estimate of drug-likeness (QED) is 0.816. The van der Waals surface area contributed by atoms with Gasteiger partial charge in [-0.05, 0) is 44.1 Å². The summed E-state index contributed by atoms with van der Waals surface area (Å²) >= 11 is 1.72. The Morgan fingerprint density at radius 2 is 2.12 bits per heavy atom. The van der Waals surface area contributed by atoms with Crippen molar-refractivity contribution in [3.05, 3.63) is 30.6 Å². The molecule has 0 saturated carbocycles. The highest BCUT2D eigenvalue weighted by Gasteiger charge is 2.12. The van der Waals surface area contributed by atoms with E-state index in [1.165, 1.54) is 39.3 Å². The first kappa shape index (κ1) is 17.0. The lowest BCUT2D eigenvalue weighted by atomic mass is 10.1. The van der Waals surface area contributed by atoms with Gasteiger partial charge in [-0.1, -0.05) is 24.2 Å². The number of benzene rings is 1. The lowest BCUT2D eigenvalue weighted by Gasteiger charge is -2.25. The molecular weight excluding hydrogens is 322 g/mol. The zero-order valence-electron chi connectivity index (χ0n) is 13.9. The summed E-state index contributed by atoms with van der Waals surface area (Å²) in [6, 6.07) is 7.71. The van der Waals surface area contributed by atoms with Crippen LogP contribution in [0.1, 0.15) is 26.2 Å². The van der Waals surface area contributed by atoms with Crippen LogP contribution in [0.25, 0.3) is 5.69 Å². The second-order valence-corrected chi connectivity index (χ2v) is 7.03. The summed E-state index contributed by atoms with van der Waals surface area (Å²) in [6.07, 6.45) is 5.71. The largest absolute Gasteiger partial charge is 0.326 e. The highest BCUT2D eigenvalue weighted by atomic mass is 32.2. The SMILES string of the molecule is CC(=O)Nc1cccc(-n2cnnc2SCCN2CCCCC2)c1. The van der Waals surface area contributed by atoms with E-state index in [9.17, 15) is 4.79 Å². The van der Waals surface area contributed by atoms with Crippen molar-refractivity contribution >= 4 is 23.4 Å². The van der Waals surface area contributed by atoms with Crippen LogP contribution in [0, 0.1) is 0 Å². The third kappa shape index (κ3) is 4.58. The van der Waals surface area contributed by atoms with Crippen LogP contribution in [0.3, 0.4) is 0 Å². The van der Waals surface area contributed by atoms with E-state index < -0.39 is 0 Å². The number of likely N-dealkylation sites (tertiary alicyclic amines) is 1. The molecule has 1 aliphatic heterocycles. The minimum Gasteiger partial charge on any atom is -0.326 e. The molecule has 6 nitrogen and oxygen atoms in total. The number of aromatic nitrogens is 3. The predicted octanol–water partition coefficient (Wildman–Crippen LogP) is 2.80. The Bertz CT molecular complexity index is 681. The molecule has 24 heavy (non-hydrogen) atoms. The van der Waals surface area contributed by atoms with Crippen LogP contribution in [0.5, 0.6) is 0 Å². The first-order valence-electron chi connectivity index (χ1n) is 8.35. The minimum atomic E-state index is -0.0768. The van der Waals surface area contributed by atoms with Crippen LogP contribution in [0.4, 0.5) is 5.69 Å². The maximum Gasteiger partial charge on any atom is 0.221 e. The molecular formula is C17H23N5OS. The van der Waals surface area contributed by atoms with Crippen molar-refractivity contribution < 1.29 is 4.79 Å². The number of nitrogens with one attached hydrogen (secondary N) is 1. The smallest absolute Gasteiger partial charge is 0.221 e. The molecule has 0 radical (unpaired) electrons. The fourth-order valence-corrected chi connectivity index (χ4v) is 3.81. The van der Waals surface area contributed by atoms with Gasteiger partial charge in [0.25, 0.3) is 0 Å². The van der Waals surface area contributed by atoms with Crippen LogP contribution in [0.2, 0.25) is 0 Å². The van der Waals surface area contributed by atoms with Crippen LogP contribution in [0.15, 0.2) is 35.7 Å². The van der Waals surface area contributed by atoms with Crippen LogP contribution in [-0.4, -0.2) is 51.0 Å². The molecule has 0 atom stereocenters. The molecule has 2 aromatic rings. The van der Waals surface area contributed by atoms with E-state index >= 15 is 0 Å². The number of thioether (sulfide) groups is 1. The Kier molecular flexibility index (Phi) is 5.87. The fourth-order valence-electron chi connectivity index (χ4n) is 2.89. The molecule has 1 aromatic carbocycles.